The largest absolute Gasteiger partial charge is 0.299 e. The van der Waals surface area contributed by atoms with Crippen LogP contribution in [-0.4, -0.2) is 16.8 Å². The smallest absolute Gasteiger partial charge is 0.143 e. The summed E-state index contributed by atoms with van der Waals surface area (Å²) in [6, 6.07) is 0. The number of carbonyl (C=O) groups excluding carboxylic acids is 1. The Balaban J connectivity index is 2.14. The maximum absolute atomic E-state index is 12.0. The monoisotopic (exact) mass is 270 g/mol. The summed E-state index contributed by atoms with van der Waals surface area (Å²) < 4.78 is 0. The SMILES string of the molecule is CCCCC(CC)CC(=O)CSC1CCCCC1. The molecule has 0 aliphatic heterocycles. The minimum Gasteiger partial charge on any atom is -0.299 e. The highest BCUT2D eigenvalue weighted by Gasteiger charge is 2.17. The number of hydrogen-bond acceptors (Lipinski definition) is 2. The van der Waals surface area contributed by atoms with Gasteiger partial charge in [0.1, 0.15) is 5.78 Å². The van der Waals surface area contributed by atoms with Crippen molar-refractivity contribution in [1.82, 2.24) is 0 Å². The Bertz CT molecular complexity index is 221. The van der Waals surface area contributed by atoms with Crippen LogP contribution < -0.4 is 0 Å². The van der Waals surface area contributed by atoms with Gasteiger partial charge in [-0.05, 0) is 18.8 Å². The second-order valence-corrected chi connectivity index (χ2v) is 7.02. The molecule has 0 heterocycles. The van der Waals surface area contributed by atoms with Gasteiger partial charge in [0.2, 0.25) is 0 Å². The molecule has 106 valence electrons. The number of ketones is 1. The average molecular weight is 270 g/mol. The summed E-state index contributed by atoms with van der Waals surface area (Å²) in [5, 5.41) is 0.776. The van der Waals surface area contributed by atoms with Crippen LogP contribution in [-0.2, 0) is 4.79 Å². The van der Waals surface area contributed by atoms with Crippen LogP contribution in [0.1, 0.15) is 78.1 Å². The first kappa shape index (κ1) is 16.1. The van der Waals surface area contributed by atoms with Crippen LogP contribution in [0.25, 0.3) is 0 Å². The summed E-state index contributed by atoms with van der Waals surface area (Å²) in [7, 11) is 0. The zero-order valence-corrected chi connectivity index (χ0v) is 13.1. The predicted octanol–water partition coefficient (Wildman–Crippen LogP) is 5.23. The van der Waals surface area contributed by atoms with Crippen molar-refractivity contribution in [2.24, 2.45) is 5.92 Å². The predicted molar refractivity (Wildman–Crippen MR) is 82.3 cm³/mol. The molecule has 1 nitrogen and oxygen atoms in total. The van der Waals surface area contributed by atoms with E-state index < -0.39 is 0 Å². The van der Waals surface area contributed by atoms with Crippen molar-refractivity contribution in [3.05, 3.63) is 0 Å². The molecule has 0 amide bonds. The van der Waals surface area contributed by atoms with Crippen LogP contribution in [0.15, 0.2) is 0 Å². The van der Waals surface area contributed by atoms with Crippen molar-refractivity contribution in [3.8, 4) is 0 Å². The fourth-order valence-electron chi connectivity index (χ4n) is 2.77. The van der Waals surface area contributed by atoms with E-state index in [1.165, 1.54) is 57.8 Å². The van der Waals surface area contributed by atoms with Gasteiger partial charge >= 0.3 is 0 Å². The van der Waals surface area contributed by atoms with Gasteiger partial charge in [-0.15, -0.1) is 0 Å². The maximum atomic E-state index is 12.0. The van der Waals surface area contributed by atoms with Crippen LogP contribution >= 0.6 is 11.8 Å². The highest BCUT2D eigenvalue weighted by Crippen LogP contribution is 2.28. The molecule has 1 saturated carbocycles. The Morgan fingerprint density at radius 1 is 1.22 bits per heavy atom. The van der Waals surface area contributed by atoms with Crippen molar-refractivity contribution < 1.29 is 4.79 Å². The fraction of sp³-hybridized carbons (Fsp3) is 0.938. The lowest BCUT2D eigenvalue weighted by atomic mass is 9.94. The summed E-state index contributed by atoms with van der Waals surface area (Å²) >= 11 is 1.93. The van der Waals surface area contributed by atoms with Crippen molar-refractivity contribution in [2.75, 3.05) is 5.75 Å². The van der Waals surface area contributed by atoms with Gasteiger partial charge in [0.25, 0.3) is 0 Å². The maximum Gasteiger partial charge on any atom is 0.143 e. The van der Waals surface area contributed by atoms with Crippen LogP contribution in [0, 0.1) is 5.92 Å². The number of rotatable bonds is 9. The molecule has 1 rings (SSSR count). The Morgan fingerprint density at radius 2 is 1.94 bits per heavy atom. The van der Waals surface area contributed by atoms with E-state index in [-0.39, 0.29) is 0 Å². The first-order valence-corrected chi connectivity index (χ1v) is 8.94. The Kier molecular flexibility index (Phi) is 8.83. The number of hydrogen-bond donors (Lipinski definition) is 0. The van der Waals surface area contributed by atoms with E-state index in [9.17, 15) is 4.79 Å². The van der Waals surface area contributed by atoms with E-state index in [4.69, 9.17) is 0 Å². The molecule has 1 aliphatic carbocycles. The minimum absolute atomic E-state index is 0.494. The molecule has 0 N–H and O–H groups in total. The van der Waals surface area contributed by atoms with Crippen molar-refractivity contribution in [2.45, 2.75) is 83.3 Å². The Labute approximate surface area is 117 Å². The molecule has 1 aliphatic rings. The molecule has 0 radical (unpaired) electrons. The van der Waals surface area contributed by atoms with E-state index in [1.807, 2.05) is 11.8 Å². The zero-order chi connectivity index (χ0) is 13.2. The van der Waals surface area contributed by atoms with E-state index in [0.717, 1.165) is 17.4 Å². The second kappa shape index (κ2) is 9.89. The molecule has 0 aromatic rings. The van der Waals surface area contributed by atoms with Crippen LogP contribution in [0.5, 0.6) is 0 Å². The van der Waals surface area contributed by atoms with E-state index in [2.05, 4.69) is 13.8 Å². The molecule has 2 heteroatoms. The summed E-state index contributed by atoms with van der Waals surface area (Å²) in [5.41, 5.74) is 0. The minimum atomic E-state index is 0.494. The molecule has 0 spiro atoms. The Morgan fingerprint density at radius 3 is 2.56 bits per heavy atom. The van der Waals surface area contributed by atoms with Crippen molar-refractivity contribution in [3.63, 3.8) is 0 Å². The van der Waals surface area contributed by atoms with Crippen LogP contribution in [0.4, 0.5) is 0 Å². The van der Waals surface area contributed by atoms with Gasteiger partial charge in [0.05, 0.1) is 5.75 Å². The van der Waals surface area contributed by atoms with Gasteiger partial charge in [0.15, 0.2) is 0 Å². The molecule has 1 unspecified atom stereocenters. The Hall–Kier alpha value is 0.0200. The lowest BCUT2D eigenvalue weighted by Crippen LogP contribution is -2.14. The lowest BCUT2D eigenvalue weighted by molar-refractivity contribution is -0.117. The molecule has 0 saturated heterocycles. The van der Waals surface area contributed by atoms with Gasteiger partial charge in [-0.25, -0.2) is 0 Å². The number of carbonyl (C=O) groups is 1. The average Bonchev–Trinajstić information content (AvgIpc) is 2.42. The molecule has 18 heavy (non-hydrogen) atoms. The molecule has 1 atom stereocenters. The normalized spacial score (nSPS) is 18.8. The highest BCUT2D eigenvalue weighted by atomic mass is 32.2. The topological polar surface area (TPSA) is 17.1 Å². The van der Waals surface area contributed by atoms with E-state index in [0.29, 0.717) is 11.7 Å². The molecule has 1 fully saturated rings. The zero-order valence-electron chi connectivity index (χ0n) is 12.2. The van der Waals surface area contributed by atoms with Gasteiger partial charge in [-0.1, -0.05) is 58.8 Å². The number of thioether (sulfide) groups is 1. The summed E-state index contributed by atoms with van der Waals surface area (Å²) in [6.45, 7) is 4.45. The first-order valence-electron chi connectivity index (χ1n) is 7.89. The third kappa shape index (κ3) is 6.82. The van der Waals surface area contributed by atoms with Crippen LogP contribution in [0.3, 0.4) is 0 Å². The third-order valence-corrected chi connectivity index (χ3v) is 5.52. The molecule has 0 bridgehead atoms. The quantitative estimate of drug-likeness (QED) is 0.571. The molecule has 0 aromatic heterocycles. The summed E-state index contributed by atoms with van der Waals surface area (Å²) in [6.07, 6.45) is 12.6. The van der Waals surface area contributed by atoms with Crippen LogP contribution in [0.2, 0.25) is 0 Å². The summed E-state index contributed by atoms with van der Waals surface area (Å²) in [5.74, 6) is 1.91. The van der Waals surface area contributed by atoms with Gasteiger partial charge in [0, 0.05) is 11.7 Å². The lowest BCUT2D eigenvalue weighted by Gasteiger charge is -2.21. The highest BCUT2D eigenvalue weighted by molar-refractivity contribution is 8.00. The number of unbranched alkanes of at least 4 members (excludes halogenated alkanes) is 1. The van der Waals surface area contributed by atoms with Crippen molar-refractivity contribution in [1.29, 1.82) is 0 Å². The van der Waals surface area contributed by atoms with Gasteiger partial charge in [-0.2, -0.15) is 11.8 Å². The standard InChI is InChI=1S/C16H30OS/c1-3-5-9-14(4-2)12-15(17)13-18-16-10-7-6-8-11-16/h14,16H,3-13H2,1-2H3. The van der Waals surface area contributed by atoms with Gasteiger partial charge in [-0.3, -0.25) is 4.79 Å². The van der Waals surface area contributed by atoms with E-state index in [1.54, 1.807) is 0 Å². The molecular weight excluding hydrogens is 240 g/mol. The van der Waals surface area contributed by atoms with E-state index >= 15 is 0 Å². The van der Waals surface area contributed by atoms with Gasteiger partial charge < -0.3 is 0 Å². The molecule has 0 aromatic carbocycles. The third-order valence-electron chi connectivity index (χ3n) is 4.09. The first-order chi connectivity index (χ1) is 8.76. The van der Waals surface area contributed by atoms with Crippen molar-refractivity contribution >= 4 is 17.5 Å². The second-order valence-electron chi connectivity index (χ2n) is 5.73. The fourth-order valence-corrected chi connectivity index (χ4v) is 3.97. The summed E-state index contributed by atoms with van der Waals surface area (Å²) in [4.78, 5) is 12.0. The number of Topliss-reactive ketones (excluding diaryl/α,β-unsaturated/α-hetero) is 1. The molecular formula is C16H30OS.